The fourth-order valence-corrected chi connectivity index (χ4v) is 1.01. The van der Waals surface area contributed by atoms with Crippen LogP contribution in [0.1, 0.15) is 0 Å². The lowest BCUT2D eigenvalue weighted by atomic mass is 10.1. The number of aliphatic hydroxyl groups is 1. The normalized spacial score (nSPS) is 19.4. The SMILES string of the molecule is C=C(CN1CC(O)C1)C(=O)O. The fourth-order valence-electron chi connectivity index (χ4n) is 1.01. The molecule has 0 aromatic heterocycles. The highest BCUT2D eigenvalue weighted by Crippen LogP contribution is 2.08. The minimum atomic E-state index is -0.966. The molecule has 0 atom stereocenters. The molecule has 0 radical (unpaired) electrons. The Kier molecular flexibility index (Phi) is 2.26. The van der Waals surface area contributed by atoms with Gasteiger partial charge in [-0.25, -0.2) is 4.79 Å². The molecule has 0 bridgehead atoms. The summed E-state index contributed by atoms with van der Waals surface area (Å²) in [6.07, 6.45) is -0.281. The summed E-state index contributed by atoms with van der Waals surface area (Å²) in [5.41, 5.74) is 0.178. The number of aliphatic carboxylic acids is 1. The monoisotopic (exact) mass is 157 g/mol. The zero-order valence-electron chi connectivity index (χ0n) is 6.16. The summed E-state index contributed by atoms with van der Waals surface area (Å²) < 4.78 is 0. The van der Waals surface area contributed by atoms with Crippen molar-refractivity contribution in [2.75, 3.05) is 19.6 Å². The van der Waals surface area contributed by atoms with Crippen LogP contribution in [0, 0.1) is 0 Å². The number of hydrogen-bond acceptors (Lipinski definition) is 3. The molecule has 0 saturated carbocycles. The van der Waals surface area contributed by atoms with Crippen molar-refractivity contribution >= 4 is 5.97 Å². The number of hydrogen-bond donors (Lipinski definition) is 2. The second-order valence-corrected chi connectivity index (χ2v) is 2.76. The standard InChI is InChI=1S/C7H11NO3/c1-5(7(10)11)2-8-3-6(9)4-8/h6,9H,1-4H2,(H,10,11). The van der Waals surface area contributed by atoms with E-state index in [4.69, 9.17) is 10.2 Å². The Balaban J connectivity index is 2.22. The number of carboxylic acid groups (broad SMARTS) is 1. The van der Waals surface area contributed by atoms with Crippen molar-refractivity contribution in [3.63, 3.8) is 0 Å². The molecular weight excluding hydrogens is 146 g/mol. The lowest BCUT2D eigenvalue weighted by molar-refractivity contribution is -0.133. The molecule has 4 nitrogen and oxygen atoms in total. The number of carbonyl (C=O) groups is 1. The maximum Gasteiger partial charge on any atom is 0.332 e. The summed E-state index contributed by atoms with van der Waals surface area (Å²) in [5.74, 6) is -0.966. The first-order valence-electron chi connectivity index (χ1n) is 3.41. The first-order valence-corrected chi connectivity index (χ1v) is 3.41. The van der Waals surface area contributed by atoms with Gasteiger partial charge in [0.05, 0.1) is 6.10 Å². The minimum Gasteiger partial charge on any atom is -0.478 e. The summed E-state index contributed by atoms with van der Waals surface area (Å²) in [6.45, 7) is 4.86. The molecular formula is C7H11NO3. The molecule has 0 aromatic carbocycles. The van der Waals surface area contributed by atoms with Gasteiger partial charge in [0, 0.05) is 25.2 Å². The van der Waals surface area contributed by atoms with E-state index in [-0.39, 0.29) is 11.7 Å². The molecule has 2 N–H and O–H groups in total. The summed E-state index contributed by atoms with van der Waals surface area (Å²) in [4.78, 5) is 12.1. The summed E-state index contributed by atoms with van der Waals surface area (Å²) in [6, 6.07) is 0. The third-order valence-electron chi connectivity index (χ3n) is 1.65. The van der Waals surface area contributed by atoms with Gasteiger partial charge in [0.1, 0.15) is 0 Å². The molecule has 0 spiro atoms. The van der Waals surface area contributed by atoms with Crippen LogP contribution in [0.25, 0.3) is 0 Å². The smallest absolute Gasteiger partial charge is 0.332 e. The fraction of sp³-hybridized carbons (Fsp3) is 0.571. The highest BCUT2D eigenvalue weighted by Gasteiger charge is 2.25. The Hall–Kier alpha value is -0.870. The van der Waals surface area contributed by atoms with Crippen LogP contribution >= 0.6 is 0 Å². The van der Waals surface area contributed by atoms with Gasteiger partial charge in [-0.1, -0.05) is 6.58 Å². The van der Waals surface area contributed by atoms with E-state index in [9.17, 15) is 4.79 Å². The van der Waals surface area contributed by atoms with E-state index in [0.29, 0.717) is 19.6 Å². The number of rotatable bonds is 3. The first-order chi connectivity index (χ1) is 5.09. The number of nitrogens with zero attached hydrogens (tertiary/aromatic N) is 1. The van der Waals surface area contributed by atoms with Crippen molar-refractivity contribution in [1.29, 1.82) is 0 Å². The summed E-state index contributed by atoms with van der Waals surface area (Å²) >= 11 is 0. The van der Waals surface area contributed by atoms with Gasteiger partial charge < -0.3 is 10.2 Å². The van der Waals surface area contributed by atoms with E-state index in [2.05, 4.69) is 6.58 Å². The zero-order valence-corrected chi connectivity index (χ0v) is 6.16. The van der Waals surface area contributed by atoms with Gasteiger partial charge in [-0.2, -0.15) is 0 Å². The predicted molar refractivity (Wildman–Crippen MR) is 39.2 cm³/mol. The van der Waals surface area contributed by atoms with Crippen LogP contribution < -0.4 is 0 Å². The average molecular weight is 157 g/mol. The van der Waals surface area contributed by atoms with Gasteiger partial charge in [0.2, 0.25) is 0 Å². The van der Waals surface area contributed by atoms with Gasteiger partial charge in [0.25, 0.3) is 0 Å². The number of carboxylic acids is 1. The maximum absolute atomic E-state index is 10.3. The number of likely N-dealkylation sites (tertiary alicyclic amines) is 1. The van der Waals surface area contributed by atoms with E-state index < -0.39 is 5.97 Å². The molecule has 1 heterocycles. The Morgan fingerprint density at radius 3 is 2.55 bits per heavy atom. The number of aliphatic hydroxyl groups excluding tert-OH is 1. The van der Waals surface area contributed by atoms with E-state index in [1.165, 1.54) is 0 Å². The largest absolute Gasteiger partial charge is 0.478 e. The van der Waals surface area contributed by atoms with Crippen LogP contribution in [0.15, 0.2) is 12.2 Å². The molecule has 62 valence electrons. The second-order valence-electron chi connectivity index (χ2n) is 2.76. The Bertz CT molecular complexity index is 184. The van der Waals surface area contributed by atoms with E-state index in [0.717, 1.165) is 0 Å². The molecule has 1 saturated heterocycles. The Labute approximate surface area is 64.7 Å². The molecule has 0 aromatic rings. The minimum absolute atomic E-state index is 0.178. The zero-order chi connectivity index (χ0) is 8.43. The molecule has 0 unspecified atom stereocenters. The highest BCUT2D eigenvalue weighted by atomic mass is 16.4. The van der Waals surface area contributed by atoms with Gasteiger partial charge >= 0.3 is 5.97 Å². The van der Waals surface area contributed by atoms with Crippen LogP contribution in [-0.4, -0.2) is 46.8 Å². The lowest BCUT2D eigenvalue weighted by Gasteiger charge is -2.35. The van der Waals surface area contributed by atoms with Crippen molar-refractivity contribution in [2.45, 2.75) is 6.10 Å². The van der Waals surface area contributed by atoms with Gasteiger partial charge in [-0.3, -0.25) is 4.90 Å². The molecule has 1 aliphatic rings. The Morgan fingerprint density at radius 1 is 1.64 bits per heavy atom. The second kappa shape index (κ2) is 3.02. The molecule has 4 heteroatoms. The van der Waals surface area contributed by atoms with Gasteiger partial charge in [-0.15, -0.1) is 0 Å². The predicted octanol–water partition coefficient (Wildman–Crippen LogP) is -0.696. The van der Waals surface area contributed by atoms with Crippen molar-refractivity contribution in [2.24, 2.45) is 0 Å². The highest BCUT2D eigenvalue weighted by molar-refractivity contribution is 5.86. The summed E-state index contributed by atoms with van der Waals surface area (Å²) in [7, 11) is 0. The van der Waals surface area contributed by atoms with Crippen LogP contribution in [0.2, 0.25) is 0 Å². The molecule has 1 fully saturated rings. The average Bonchev–Trinajstić information content (AvgIpc) is 1.84. The van der Waals surface area contributed by atoms with Crippen molar-refractivity contribution < 1.29 is 15.0 Å². The maximum atomic E-state index is 10.3. The quantitative estimate of drug-likeness (QED) is 0.532. The molecule has 1 aliphatic heterocycles. The molecule has 11 heavy (non-hydrogen) atoms. The molecule has 1 rings (SSSR count). The molecule has 0 amide bonds. The topological polar surface area (TPSA) is 60.8 Å². The molecule has 0 aliphatic carbocycles. The van der Waals surface area contributed by atoms with Gasteiger partial charge in [-0.05, 0) is 0 Å². The lowest BCUT2D eigenvalue weighted by Crippen LogP contribution is -2.51. The van der Waals surface area contributed by atoms with Crippen LogP contribution in [-0.2, 0) is 4.79 Å². The summed E-state index contributed by atoms with van der Waals surface area (Å²) in [5, 5.41) is 17.3. The van der Waals surface area contributed by atoms with Crippen LogP contribution in [0.4, 0.5) is 0 Å². The van der Waals surface area contributed by atoms with E-state index in [1.54, 1.807) is 0 Å². The Morgan fingerprint density at radius 2 is 2.18 bits per heavy atom. The van der Waals surface area contributed by atoms with Crippen molar-refractivity contribution in [3.8, 4) is 0 Å². The van der Waals surface area contributed by atoms with E-state index >= 15 is 0 Å². The third-order valence-corrected chi connectivity index (χ3v) is 1.65. The van der Waals surface area contributed by atoms with Gasteiger partial charge in [0.15, 0.2) is 0 Å². The van der Waals surface area contributed by atoms with Crippen molar-refractivity contribution in [1.82, 2.24) is 4.90 Å². The third kappa shape index (κ3) is 2.03. The van der Waals surface area contributed by atoms with Crippen LogP contribution in [0.5, 0.6) is 0 Å². The van der Waals surface area contributed by atoms with Crippen molar-refractivity contribution in [3.05, 3.63) is 12.2 Å². The van der Waals surface area contributed by atoms with Crippen LogP contribution in [0.3, 0.4) is 0 Å². The first kappa shape index (κ1) is 8.23. The van der Waals surface area contributed by atoms with E-state index in [1.807, 2.05) is 4.90 Å². The number of β-amino-alcohol motifs (C(OH)–C–C–N with tert-alkyl or cyclic N) is 1.